The van der Waals surface area contributed by atoms with Gasteiger partial charge in [-0.3, -0.25) is 9.89 Å². The summed E-state index contributed by atoms with van der Waals surface area (Å²) in [6.07, 6.45) is 4.43. The monoisotopic (exact) mass is 495 g/mol. The van der Waals surface area contributed by atoms with Crippen LogP contribution in [-0.4, -0.2) is 69.4 Å². The van der Waals surface area contributed by atoms with E-state index in [0.717, 1.165) is 34.0 Å². The SMILES string of the molecule is CN(C)C(=O)[C@H]1CCc2c(sc3ncnc(Nc4cc5cn[nH]c5cc4OCCNC(=O)O)c23)C1. The van der Waals surface area contributed by atoms with Gasteiger partial charge in [0.2, 0.25) is 5.91 Å². The number of hydrogen-bond acceptors (Lipinski definition) is 8. The maximum Gasteiger partial charge on any atom is 0.404 e. The van der Waals surface area contributed by atoms with Crippen LogP contribution in [0.2, 0.25) is 0 Å². The van der Waals surface area contributed by atoms with Gasteiger partial charge in [-0.25, -0.2) is 14.8 Å². The van der Waals surface area contributed by atoms with Crippen molar-refractivity contribution in [3.63, 3.8) is 0 Å². The molecule has 11 nitrogen and oxygen atoms in total. The second-order valence-electron chi connectivity index (χ2n) is 8.59. The number of ether oxygens (including phenoxy) is 1. The molecular weight excluding hydrogens is 470 g/mol. The minimum absolute atomic E-state index is 0.0159. The Labute approximate surface area is 204 Å². The number of aromatic nitrogens is 4. The summed E-state index contributed by atoms with van der Waals surface area (Å²) < 4.78 is 5.89. The molecule has 1 aliphatic rings. The first-order chi connectivity index (χ1) is 16.9. The molecule has 1 aliphatic carbocycles. The molecule has 3 heterocycles. The summed E-state index contributed by atoms with van der Waals surface area (Å²) in [5, 5.41) is 23.4. The van der Waals surface area contributed by atoms with Gasteiger partial charge in [-0.15, -0.1) is 11.3 Å². The summed E-state index contributed by atoms with van der Waals surface area (Å²) in [7, 11) is 3.59. The van der Waals surface area contributed by atoms with Crippen molar-refractivity contribution < 1.29 is 19.4 Å². The lowest BCUT2D eigenvalue weighted by atomic mass is 9.87. The predicted octanol–water partition coefficient (Wildman–Crippen LogP) is 3.15. The van der Waals surface area contributed by atoms with E-state index < -0.39 is 6.09 Å². The molecule has 2 amide bonds. The van der Waals surface area contributed by atoms with Gasteiger partial charge >= 0.3 is 6.09 Å². The maximum absolute atomic E-state index is 12.5. The first-order valence-electron chi connectivity index (χ1n) is 11.2. The Morgan fingerprint density at radius 2 is 2.17 bits per heavy atom. The highest BCUT2D eigenvalue weighted by Gasteiger charge is 2.30. The number of hydrogen-bond donors (Lipinski definition) is 4. The van der Waals surface area contributed by atoms with Gasteiger partial charge in [-0.2, -0.15) is 5.10 Å². The van der Waals surface area contributed by atoms with Gasteiger partial charge in [0.1, 0.15) is 29.3 Å². The fraction of sp³-hybridized carbons (Fsp3) is 0.348. The molecule has 4 aromatic rings. The molecule has 3 aromatic heterocycles. The lowest BCUT2D eigenvalue weighted by molar-refractivity contribution is -0.133. The van der Waals surface area contributed by atoms with E-state index >= 15 is 0 Å². The number of carboxylic acid groups (broad SMARTS) is 1. The Balaban J connectivity index is 1.47. The standard InChI is InChI=1S/C23H25N7O4S/c1-30(2)22(31)12-3-4-14-18(8-12)35-21-19(14)20(25-11-26-21)28-16-7-13-10-27-29-15(13)9-17(16)34-6-5-24-23(32)33/h7,9-12,24H,3-6,8H2,1-2H3,(H,27,29)(H,32,33)(H,25,26,28)/t12-/m0/s1. The van der Waals surface area contributed by atoms with Gasteiger partial charge in [-0.05, 0) is 30.9 Å². The molecule has 1 aromatic carbocycles. The van der Waals surface area contributed by atoms with Gasteiger partial charge < -0.3 is 25.4 Å². The number of aromatic amines is 1. The van der Waals surface area contributed by atoms with Crippen molar-refractivity contribution in [3.05, 3.63) is 35.1 Å². The molecule has 1 atom stereocenters. The van der Waals surface area contributed by atoms with Crippen LogP contribution in [0.4, 0.5) is 16.3 Å². The molecule has 0 aliphatic heterocycles. The first-order valence-corrected chi connectivity index (χ1v) is 12.0. The molecule has 4 N–H and O–H groups in total. The van der Waals surface area contributed by atoms with E-state index in [4.69, 9.17) is 9.84 Å². The van der Waals surface area contributed by atoms with Gasteiger partial charge in [0.25, 0.3) is 0 Å². The topological polar surface area (TPSA) is 145 Å². The fourth-order valence-electron chi connectivity index (χ4n) is 4.42. The highest BCUT2D eigenvalue weighted by molar-refractivity contribution is 7.19. The molecule has 0 spiro atoms. The summed E-state index contributed by atoms with van der Waals surface area (Å²) in [4.78, 5) is 36.0. The minimum Gasteiger partial charge on any atom is -0.489 e. The van der Waals surface area contributed by atoms with Crippen LogP contribution in [0.3, 0.4) is 0 Å². The van der Waals surface area contributed by atoms with Crippen LogP contribution in [0.25, 0.3) is 21.1 Å². The molecule has 0 bridgehead atoms. The third-order valence-corrected chi connectivity index (χ3v) is 7.23. The molecular formula is C23H25N7O4S. The zero-order valence-electron chi connectivity index (χ0n) is 19.3. The van der Waals surface area contributed by atoms with Crippen molar-refractivity contribution in [2.75, 3.05) is 32.6 Å². The van der Waals surface area contributed by atoms with Gasteiger partial charge in [0.05, 0.1) is 29.3 Å². The van der Waals surface area contributed by atoms with Crippen LogP contribution < -0.4 is 15.4 Å². The molecule has 0 fully saturated rings. The third-order valence-electron chi connectivity index (χ3n) is 6.06. The number of fused-ring (bicyclic) bond motifs is 4. The number of rotatable bonds is 7. The number of aryl methyl sites for hydroxylation is 1. The van der Waals surface area contributed by atoms with E-state index in [-0.39, 0.29) is 25.0 Å². The third kappa shape index (κ3) is 4.56. The van der Waals surface area contributed by atoms with Crippen LogP contribution in [-0.2, 0) is 17.6 Å². The molecule has 5 rings (SSSR count). The van der Waals surface area contributed by atoms with E-state index in [1.807, 2.05) is 12.1 Å². The number of nitrogens with zero attached hydrogens (tertiary/aromatic N) is 4. The molecule has 35 heavy (non-hydrogen) atoms. The summed E-state index contributed by atoms with van der Waals surface area (Å²) in [5.74, 6) is 1.35. The Hall–Kier alpha value is -3.93. The van der Waals surface area contributed by atoms with Crippen molar-refractivity contribution in [1.29, 1.82) is 0 Å². The molecule has 12 heteroatoms. The Bertz CT molecular complexity index is 1410. The number of carbonyl (C=O) groups excluding carboxylic acids is 1. The van der Waals surface area contributed by atoms with E-state index in [0.29, 0.717) is 23.7 Å². The first kappa shape index (κ1) is 22.8. The largest absolute Gasteiger partial charge is 0.489 e. The van der Waals surface area contributed by atoms with Gasteiger partial charge in [0, 0.05) is 36.3 Å². The lowest BCUT2D eigenvalue weighted by Gasteiger charge is -2.24. The Kier molecular flexibility index (Phi) is 6.12. The zero-order chi connectivity index (χ0) is 24.5. The molecule has 0 saturated heterocycles. The van der Waals surface area contributed by atoms with Crippen molar-refractivity contribution in [2.45, 2.75) is 19.3 Å². The zero-order valence-corrected chi connectivity index (χ0v) is 20.1. The number of carbonyl (C=O) groups is 2. The van der Waals surface area contributed by atoms with E-state index in [9.17, 15) is 9.59 Å². The van der Waals surface area contributed by atoms with Crippen LogP contribution in [0.1, 0.15) is 16.9 Å². The highest BCUT2D eigenvalue weighted by atomic mass is 32.1. The number of anilines is 2. The minimum atomic E-state index is -1.10. The number of H-pyrrole nitrogens is 1. The molecule has 0 radical (unpaired) electrons. The highest BCUT2D eigenvalue weighted by Crippen LogP contribution is 2.41. The predicted molar refractivity (Wildman–Crippen MR) is 133 cm³/mol. The van der Waals surface area contributed by atoms with E-state index in [1.165, 1.54) is 16.8 Å². The van der Waals surface area contributed by atoms with Crippen molar-refractivity contribution in [3.8, 4) is 5.75 Å². The van der Waals surface area contributed by atoms with Crippen molar-refractivity contribution in [2.24, 2.45) is 5.92 Å². The Morgan fingerprint density at radius 3 is 2.97 bits per heavy atom. The van der Waals surface area contributed by atoms with Crippen LogP contribution >= 0.6 is 11.3 Å². The maximum atomic E-state index is 12.5. The quantitative estimate of drug-likeness (QED) is 0.286. The van der Waals surface area contributed by atoms with Crippen molar-refractivity contribution in [1.82, 2.24) is 30.4 Å². The average Bonchev–Trinajstić information content (AvgIpc) is 3.44. The van der Waals surface area contributed by atoms with E-state index in [2.05, 4.69) is 30.8 Å². The second-order valence-corrected chi connectivity index (χ2v) is 9.67. The number of thiophene rings is 1. The van der Waals surface area contributed by atoms with Gasteiger partial charge in [0.15, 0.2) is 0 Å². The molecule has 0 unspecified atom stereocenters. The van der Waals surface area contributed by atoms with Crippen LogP contribution in [0.5, 0.6) is 5.75 Å². The Morgan fingerprint density at radius 1 is 1.31 bits per heavy atom. The van der Waals surface area contributed by atoms with Crippen molar-refractivity contribution >= 4 is 56.0 Å². The number of amides is 2. The number of nitrogens with one attached hydrogen (secondary N) is 3. The second kappa shape index (κ2) is 9.37. The van der Waals surface area contributed by atoms with E-state index in [1.54, 1.807) is 36.5 Å². The molecule has 182 valence electrons. The fourth-order valence-corrected chi connectivity index (χ4v) is 5.68. The summed E-state index contributed by atoms with van der Waals surface area (Å²) in [6.45, 7) is 0.313. The van der Waals surface area contributed by atoms with Crippen LogP contribution in [0.15, 0.2) is 24.7 Å². The number of benzene rings is 1. The normalized spacial score (nSPS) is 15.1. The molecule has 0 saturated carbocycles. The summed E-state index contributed by atoms with van der Waals surface area (Å²) in [6, 6.07) is 3.74. The lowest BCUT2D eigenvalue weighted by Crippen LogP contribution is -2.32. The van der Waals surface area contributed by atoms with Gasteiger partial charge in [-0.1, -0.05) is 0 Å². The average molecular weight is 496 g/mol. The summed E-state index contributed by atoms with van der Waals surface area (Å²) in [5.41, 5.74) is 2.67. The van der Waals surface area contributed by atoms with Crippen LogP contribution in [0, 0.1) is 5.92 Å². The smallest absolute Gasteiger partial charge is 0.404 e. The summed E-state index contributed by atoms with van der Waals surface area (Å²) >= 11 is 1.61.